The van der Waals surface area contributed by atoms with Gasteiger partial charge in [-0.3, -0.25) is 4.79 Å². The van der Waals surface area contributed by atoms with E-state index < -0.39 is 5.97 Å². The molecule has 0 saturated carbocycles. The Morgan fingerprint density at radius 1 is 1.18 bits per heavy atom. The van der Waals surface area contributed by atoms with Gasteiger partial charge in [0.25, 0.3) is 5.91 Å². The van der Waals surface area contributed by atoms with Gasteiger partial charge in [-0.05, 0) is 25.5 Å². The van der Waals surface area contributed by atoms with Crippen LogP contribution in [-0.4, -0.2) is 64.8 Å². The van der Waals surface area contributed by atoms with Crippen LogP contribution in [0.4, 0.5) is 0 Å². The summed E-state index contributed by atoms with van der Waals surface area (Å²) in [6.45, 7) is 3.61. The number of benzene rings is 1. The van der Waals surface area contributed by atoms with E-state index in [1.165, 1.54) is 24.5 Å². The number of rotatable bonds is 8. The van der Waals surface area contributed by atoms with Crippen molar-refractivity contribution in [3.05, 3.63) is 41.9 Å². The average molecular weight is 387 g/mol. The van der Waals surface area contributed by atoms with Crippen LogP contribution < -0.4 is 9.47 Å². The molecule has 0 spiro atoms. The Labute approximate surface area is 161 Å². The average Bonchev–Trinajstić information content (AvgIpc) is 2.60. The van der Waals surface area contributed by atoms with E-state index in [0.29, 0.717) is 12.4 Å². The van der Waals surface area contributed by atoms with E-state index >= 15 is 0 Å². The summed E-state index contributed by atoms with van der Waals surface area (Å²) in [4.78, 5) is 33.4. The van der Waals surface area contributed by atoms with Crippen molar-refractivity contribution in [2.45, 2.75) is 19.4 Å². The number of hydrogen-bond acceptors (Lipinski definition) is 7. The number of aromatic carboxylic acids is 1. The van der Waals surface area contributed by atoms with Crippen molar-refractivity contribution >= 4 is 11.9 Å². The van der Waals surface area contributed by atoms with Gasteiger partial charge in [0.05, 0.1) is 24.6 Å². The van der Waals surface area contributed by atoms with Gasteiger partial charge in [-0.1, -0.05) is 0 Å². The lowest BCUT2D eigenvalue weighted by atomic mass is 10.2. The molecule has 3 rings (SSSR count). The summed E-state index contributed by atoms with van der Waals surface area (Å²) in [5, 5.41) is 9.31. The van der Waals surface area contributed by atoms with Crippen molar-refractivity contribution in [2.75, 3.05) is 26.8 Å². The molecular formula is C19H21N3O6. The standard InChI is InChI=1S/C19H21N3O6/c1-12(11-26-2)27-14-6-13(19(24)25)7-15(8-14)28-17-10-20-16(9-21-17)18(23)22-4-3-5-22/h6-10,12H,3-5,11H2,1-2H3,(H,24,25)/t12-/m1/s1. The molecule has 9 nitrogen and oxygen atoms in total. The maximum absolute atomic E-state index is 12.1. The highest BCUT2D eigenvalue weighted by molar-refractivity contribution is 5.92. The zero-order valence-electron chi connectivity index (χ0n) is 15.6. The lowest BCUT2D eigenvalue weighted by Crippen LogP contribution is -2.42. The Morgan fingerprint density at radius 3 is 2.50 bits per heavy atom. The highest BCUT2D eigenvalue weighted by Gasteiger charge is 2.23. The van der Waals surface area contributed by atoms with Crippen LogP contribution in [0, 0.1) is 0 Å². The van der Waals surface area contributed by atoms with Crippen LogP contribution in [-0.2, 0) is 4.74 Å². The van der Waals surface area contributed by atoms with Gasteiger partial charge in [-0.15, -0.1) is 0 Å². The monoisotopic (exact) mass is 387 g/mol. The molecule has 1 amide bonds. The molecule has 1 fully saturated rings. The van der Waals surface area contributed by atoms with Gasteiger partial charge < -0.3 is 24.2 Å². The Morgan fingerprint density at radius 2 is 1.93 bits per heavy atom. The van der Waals surface area contributed by atoms with Crippen molar-refractivity contribution in [1.82, 2.24) is 14.9 Å². The van der Waals surface area contributed by atoms with Crippen LogP contribution in [0.25, 0.3) is 0 Å². The Hall–Kier alpha value is -3.20. The second-order valence-electron chi connectivity index (χ2n) is 6.37. The van der Waals surface area contributed by atoms with Crippen LogP contribution >= 0.6 is 0 Å². The maximum Gasteiger partial charge on any atom is 0.335 e. The van der Waals surface area contributed by atoms with Crippen LogP contribution in [0.1, 0.15) is 34.2 Å². The topological polar surface area (TPSA) is 111 Å². The molecule has 0 aliphatic carbocycles. The molecule has 1 atom stereocenters. The molecule has 2 heterocycles. The van der Waals surface area contributed by atoms with Crippen molar-refractivity contribution < 1.29 is 28.9 Å². The summed E-state index contributed by atoms with van der Waals surface area (Å²) in [5.74, 6) is -0.580. The van der Waals surface area contributed by atoms with Gasteiger partial charge in [0, 0.05) is 26.3 Å². The second kappa shape index (κ2) is 8.66. The predicted molar refractivity (Wildman–Crippen MR) is 98.0 cm³/mol. The third-order valence-electron chi connectivity index (χ3n) is 4.08. The number of carbonyl (C=O) groups is 2. The number of nitrogens with zero attached hydrogens (tertiary/aromatic N) is 3. The minimum atomic E-state index is -1.11. The lowest BCUT2D eigenvalue weighted by Gasteiger charge is -2.30. The zero-order chi connectivity index (χ0) is 20.1. The first-order chi connectivity index (χ1) is 13.5. The number of carbonyl (C=O) groups excluding carboxylic acids is 1. The lowest BCUT2D eigenvalue weighted by molar-refractivity contribution is 0.0643. The Balaban J connectivity index is 1.75. The van der Waals surface area contributed by atoms with E-state index in [4.69, 9.17) is 14.2 Å². The molecule has 1 aromatic carbocycles. The highest BCUT2D eigenvalue weighted by Crippen LogP contribution is 2.27. The molecule has 0 radical (unpaired) electrons. The van der Waals surface area contributed by atoms with Crippen molar-refractivity contribution in [2.24, 2.45) is 0 Å². The zero-order valence-corrected chi connectivity index (χ0v) is 15.6. The van der Waals surface area contributed by atoms with Crippen LogP contribution in [0.5, 0.6) is 17.4 Å². The molecule has 1 saturated heterocycles. The van der Waals surface area contributed by atoms with Crippen LogP contribution in [0.15, 0.2) is 30.6 Å². The van der Waals surface area contributed by atoms with Gasteiger partial charge in [0.15, 0.2) is 0 Å². The van der Waals surface area contributed by atoms with Crippen molar-refractivity contribution in [1.29, 1.82) is 0 Å². The molecule has 2 aromatic rings. The third kappa shape index (κ3) is 4.74. The molecule has 9 heteroatoms. The Kier molecular flexibility index (Phi) is 6.05. The summed E-state index contributed by atoms with van der Waals surface area (Å²) in [7, 11) is 1.55. The molecule has 1 N–H and O–H groups in total. The number of amides is 1. The second-order valence-corrected chi connectivity index (χ2v) is 6.37. The van der Waals surface area contributed by atoms with Crippen LogP contribution in [0.3, 0.4) is 0 Å². The minimum absolute atomic E-state index is 0.00894. The fraction of sp³-hybridized carbons (Fsp3) is 0.368. The van der Waals surface area contributed by atoms with Crippen molar-refractivity contribution in [3.63, 3.8) is 0 Å². The smallest absolute Gasteiger partial charge is 0.335 e. The SMILES string of the molecule is COC[C@@H](C)Oc1cc(Oc2cnc(C(=O)N3CCC3)cn2)cc(C(=O)O)c1. The van der Waals surface area contributed by atoms with E-state index in [1.807, 2.05) is 0 Å². The summed E-state index contributed by atoms with van der Waals surface area (Å²) in [5.41, 5.74) is 0.249. The molecule has 28 heavy (non-hydrogen) atoms. The van der Waals surface area contributed by atoms with E-state index in [1.54, 1.807) is 25.0 Å². The van der Waals surface area contributed by atoms with Gasteiger partial charge in [0.2, 0.25) is 5.88 Å². The van der Waals surface area contributed by atoms with E-state index in [-0.39, 0.29) is 34.9 Å². The van der Waals surface area contributed by atoms with Gasteiger partial charge in [-0.2, -0.15) is 0 Å². The fourth-order valence-electron chi connectivity index (χ4n) is 2.60. The van der Waals surface area contributed by atoms with Gasteiger partial charge >= 0.3 is 5.97 Å². The first-order valence-corrected chi connectivity index (χ1v) is 8.79. The number of likely N-dealkylation sites (tertiary alicyclic amines) is 1. The van der Waals surface area contributed by atoms with Gasteiger partial charge in [0.1, 0.15) is 23.3 Å². The molecule has 1 aliphatic rings. The molecule has 1 aliphatic heterocycles. The Bertz CT molecular complexity index is 851. The number of carboxylic acid groups (broad SMARTS) is 1. The van der Waals surface area contributed by atoms with E-state index in [0.717, 1.165) is 19.5 Å². The largest absolute Gasteiger partial charge is 0.488 e. The number of ether oxygens (including phenoxy) is 3. The predicted octanol–water partition coefficient (Wildman–Crippen LogP) is 2.23. The first-order valence-electron chi connectivity index (χ1n) is 8.79. The number of carboxylic acids is 1. The van der Waals surface area contributed by atoms with Gasteiger partial charge in [-0.25, -0.2) is 14.8 Å². The van der Waals surface area contributed by atoms with E-state index in [2.05, 4.69) is 9.97 Å². The highest BCUT2D eigenvalue weighted by atomic mass is 16.5. The summed E-state index contributed by atoms with van der Waals surface area (Å²) in [6, 6.07) is 4.32. The molecule has 0 bridgehead atoms. The maximum atomic E-state index is 12.1. The normalized spacial score (nSPS) is 14.1. The molecule has 0 unspecified atom stereocenters. The van der Waals surface area contributed by atoms with E-state index in [9.17, 15) is 14.7 Å². The van der Waals surface area contributed by atoms with Crippen LogP contribution in [0.2, 0.25) is 0 Å². The molecular weight excluding hydrogens is 366 g/mol. The molecule has 1 aromatic heterocycles. The minimum Gasteiger partial charge on any atom is -0.488 e. The van der Waals surface area contributed by atoms with Crippen molar-refractivity contribution in [3.8, 4) is 17.4 Å². The summed E-state index contributed by atoms with van der Waals surface area (Å²) < 4.78 is 16.3. The first kappa shape index (κ1) is 19.6. The summed E-state index contributed by atoms with van der Waals surface area (Å²) in [6.07, 6.45) is 3.39. The number of aromatic nitrogens is 2. The fourth-order valence-corrected chi connectivity index (χ4v) is 2.60. The number of hydrogen-bond donors (Lipinski definition) is 1. The quantitative estimate of drug-likeness (QED) is 0.734. The number of methoxy groups -OCH3 is 1. The summed E-state index contributed by atoms with van der Waals surface area (Å²) >= 11 is 0. The third-order valence-corrected chi connectivity index (χ3v) is 4.08. The molecule has 148 valence electrons.